The zero-order valence-corrected chi connectivity index (χ0v) is 16.3. The Bertz CT molecular complexity index is 1040. The predicted molar refractivity (Wildman–Crippen MR) is 107 cm³/mol. The van der Waals surface area contributed by atoms with E-state index in [1.165, 1.54) is 10.7 Å². The fourth-order valence-electron chi connectivity index (χ4n) is 3.65. The van der Waals surface area contributed by atoms with Gasteiger partial charge in [-0.25, -0.2) is 9.36 Å². The van der Waals surface area contributed by atoms with Crippen molar-refractivity contribution in [1.29, 1.82) is 0 Å². The zero-order chi connectivity index (χ0) is 20.2. The summed E-state index contributed by atoms with van der Waals surface area (Å²) in [5.74, 6) is 1.47. The fraction of sp³-hybridized carbons (Fsp3) is 0.333. The summed E-state index contributed by atoms with van der Waals surface area (Å²) in [5.41, 5.74) is 0.451. The van der Waals surface area contributed by atoms with Gasteiger partial charge in [-0.3, -0.25) is 9.59 Å². The Kier molecular flexibility index (Phi) is 5.41. The van der Waals surface area contributed by atoms with Crippen molar-refractivity contribution in [1.82, 2.24) is 24.5 Å². The molecule has 0 atom stereocenters. The van der Waals surface area contributed by atoms with E-state index >= 15 is 0 Å². The highest BCUT2D eigenvalue weighted by molar-refractivity contribution is 5.97. The third-order valence-corrected chi connectivity index (χ3v) is 5.26. The first kappa shape index (κ1) is 18.9. The number of benzene rings is 1. The summed E-state index contributed by atoms with van der Waals surface area (Å²) < 4.78 is 8.44. The van der Waals surface area contributed by atoms with Crippen molar-refractivity contribution in [3.63, 3.8) is 0 Å². The van der Waals surface area contributed by atoms with Crippen LogP contribution in [0.3, 0.4) is 0 Å². The topological polar surface area (TPSA) is 82.2 Å². The highest BCUT2D eigenvalue weighted by Gasteiger charge is 2.26. The quantitative estimate of drug-likeness (QED) is 0.662. The SMILES string of the molecule is COc1ccccc1C(=O)N1CCC(Cn2nc(-n3cccn3)ccc2=O)CC1. The van der Waals surface area contributed by atoms with Crippen LogP contribution in [0, 0.1) is 5.92 Å². The number of piperidine rings is 1. The lowest BCUT2D eigenvalue weighted by Gasteiger charge is -2.32. The van der Waals surface area contributed by atoms with E-state index in [1.807, 2.05) is 23.1 Å². The van der Waals surface area contributed by atoms with Crippen LogP contribution in [0.1, 0.15) is 23.2 Å². The highest BCUT2D eigenvalue weighted by Crippen LogP contribution is 2.24. The van der Waals surface area contributed by atoms with Crippen molar-refractivity contribution < 1.29 is 9.53 Å². The maximum Gasteiger partial charge on any atom is 0.266 e. The molecule has 0 spiro atoms. The summed E-state index contributed by atoms with van der Waals surface area (Å²) in [6.45, 7) is 1.83. The van der Waals surface area contributed by atoms with E-state index in [-0.39, 0.29) is 17.4 Å². The molecule has 0 aliphatic carbocycles. The number of ether oxygens (including phenoxy) is 1. The Labute approximate surface area is 168 Å². The molecular formula is C21H23N5O3. The van der Waals surface area contributed by atoms with Gasteiger partial charge >= 0.3 is 0 Å². The first-order chi connectivity index (χ1) is 14.2. The second-order valence-electron chi connectivity index (χ2n) is 7.10. The molecule has 1 amide bonds. The van der Waals surface area contributed by atoms with Gasteiger partial charge in [0.2, 0.25) is 0 Å². The van der Waals surface area contributed by atoms with E-state index in [9.17, 15) is 9.59 Å². The number of aromatic nitrogens is 4. The maximum atomic E-state index is 12.8. The summed E-state index contributed by atoms with van der Waals surface area (Å²) in [5, 5.41) is 8.60. The number of nitrogens with zero attached hydrogens (tertiary/aromatic N) is 5. The van der Waals surface area contributed by atoms with Crippen molar-refractivity contribution >= 4 is 5.91 Å². The monoisotopic (exact) mass is 393 g/mol. The van der Waals surface area contributed by atoms with Gasteiger partial charge < -0.3 is 9.64 Å². The van der Waals surface area contributed by atoms with Crippen LogP contribution < -0.4 is 10.3 Å². The number of methoxy groups -OCH3 is 1. The molecule has 0 radical (unpaired) electrons. The van der Waals surface area contributed by atoms with Crippen LogP contribution in [-0.4, -0.2) is 50.6 Å². The van der Waals surface area contributed by atoms with Gasteiger partial charge in [0.05, 0.1) is 12.7 Å². The van der Waals surface area contributed by atoms with E-state index in [4.69, 9.17) is 4.74 Å². The Hall–Kier alpha value is -3.42. The fourth-order valence-corrected chi connectivity index (χ4v) is 3.65. The van der Waals surface area contributed by atoms with Crippen molar-refractivity contribution in [2.75, 3.05) is 20.2 Å². The van der Waals surface area contributed by atoms with Crippen molar-refractivity contribution in [3.05, 3.63) is 70.8 Å². The molecule has 8 heteroatoms. The minimum absolute atomic E-state index is 0.0168. The number of likely N-dealkylation sites (tertiary alicyclic amines) is 1. The number of rotatable bonds is 5. The minimum Gasteiger partial charge on any atom is -0.496 e. The van der Waals surface area contributed by atoms with E-state index in [2.05, 4.69) is 10.2 Å². The molecule has 3 aromatic rings. The molecule has 1 fully saturated rings. The van der Waals surface area contributed by atoms with Crippen LogP contribution in [0.2, 0.25) is 0 Å². The van der Waals surface area contributed by atoms with Crippen LogP contribution >= 0.6 is 0 Å². The zero-order valence-electron chi connectivity index (χ0n) is 16.3. The average Bonchev–Trinajstić information content (AvgIpc) is 3.30. The van der Waals surface area contributed by atoms with Gasteiger partial charge in [-0.15, -0.1) is 5.10 Å². The van der Waals surface area contributed by atoms with E-state index in [0.717, 1.165) is 12.8 Å². The molecule has 0 unspecified atom stereocenters. The summed E-state index contributed by atoms with van der Waals surface area (Å²) in [7, 11) is 1.57. The Morgan fingerprint density at radius 3 is 2.66 bits per heavy atom. The number of hydrogen-bond acceptors (Lipinski definition) is 5. The third kappa shape index (κ3) is 4.06. The van der Waals surface area contributed by atoms with Gasteiger partial charge in [-0.2, -0.15) is 5.10 Å². The summed E-state index contributed by atoms with van der Waals surface area (Å²) >= 11 is 0. The van der Waals surface area contributed by atoms with Crippen molar-refractivity contribution in [3.8, 4) is 11.6 Å². The van der Waals surface area contributed by atoms with E-state index in [0.29, 0.717) is 36.8 Å². The van der Waals surface area contributed by atoms with Crippen LogP contribution in [0.4, 0.5) is 0 Å². The molecule has 2 aromatic heterocycles. The number of hydrogen-bond donors (Lipinski definition) is 0. The van der Waals surface area contributed by atoms with E-state index in [1.54, 1.807) is 42.4 Å². The molecular weight excluding hydrogens is 370 g/mol. The molecule has 1 aromatic carbocycles. The van der Waals surface area contributed by atoms with Gasteiger partial charge in [0.15, 0.2) is 5.82 Å². The molecule has 0 saturated carbocycles. The van der Waals surface area contributed by atoms with Crippen LogP contribution in [0.25, 0.3) is 5.82 Å². The average molecular weight is 393 g/mol. The Balaban J connectivity index is 1.41. The predicted octanol–water partition coefficient (Wildman–Crippen LogP) is 1.99. The molecule has 4 rings (SSSR count). The van der Waals surface area contributed by atoms with Gasteiger partial charge in [0.25, 0.3) is 11.5 Å². The first-order valence-electron chi connectivity index (χ1n) is 9.66. The highest BCUT2D eigenvalue weighted by atomic mass is 16.5. The Morgan fingerprint density at radius 2 is 1.93 bits per heavy atom. The molecule has 1 saturated heterocycles. The lowest BCUT2D eigenvalue weighted by molar-refractivity contribution is 0.0677. The Morgan fingerprint density at radius 1 is 1.14 bits per heavy atom. The second-order valence-corrected chi connectivity index (χ2v) is 7.10. The minimum atomic E-state index is -0.131. The lowest BCUT2D eigenvalue weighted by Crippen LogP contribution is -2.40. The van der Waals surface area contributed by atoms with Crippen LogP contribution in [0.15, 0.2) is 59.7 Å². The van der Waals surface area contributed by atoms with Crippen LogP contribution in [-0.2, 0) is 6.54 Å². The van der Waals surface area contributed by atoms with Gasteiger partial charge in [-0.05, 0) is 43.0 Å². The number of para-hydroxylation sites is 1. The summed E-state index contributed by atoms with van der Waals surface area (Å²) in [6.07, 6.45) is 5.10. The van der Waals surface area contributed by atoms with Crippen LogP contribution in [0.5, 0.6) is 5.75 Å². The smallest absolute Gasteiger partial charge is 0.266 e. The molecule has 0 N–H and O–H groups in total. The first-order valence-corrected chi connectivity index (χ1v) is 9.66. The van der Waals surface area contributed by atoms with Gasteiger partial charge in [0.1, 0.15) is 5.75 Å². The largest absolute Gasteiger partial charge is 0.496 e. The third-order valence-electron chi connectivity index (χ3n) is 5.26. The molecule has 0 bridgehead atoms. The van der Waals surface area contributed by atoms with Crippen molar-refractivity contribution in [2.45, 2.75) is 19.4 Å². The molecule has 8 nitrogen and oxygen atoms in total. The number of carbonyl (C=O) groups excluding carboxylic acids is 1. The molecule has 1 aliphatic heterocycles. The molecule has 3 heterocycles. The number of carbonyl (C=O) groups is 1. The normalized spacial score (nSPS) is 14.7. The van der Waals surface area contributed by atoms with Crippen molar-refractivity contribution in [2.24, 2.45) is 5.92 Å². The van der Waals surface area contributed by atoms with E-state index < -0.39 is 0 Å². The molecule has 29 heavy (non-hydrogen) atoms. The summed E-state index contributed by atoms with van der Waals surface area (Å²) in [4.78, 5) is 26.9. The number of amides is 1. The van der Waals surface area contributed by atoms with Gasteiger partial charge in [0, 0.05) is 38.1 Å². The summed E-state index contributed by atoms with van der Waals surface area (Å²) in [6, 6.07) is 12.3. The second kappa shape index (κ2) is 8.30. The molecule has 150 valence electrons. The molecule has 1 aliphatic rings. The standard InChI is InChI=1S/C21H23N5O3/c1-29-18-6-3-2-5-17(18)21(28)24-13-9-16(10-14-24)15-26-20(27)8-7-19(23-26)25-12-4-11-22-25/h2-8,11-12,16H,9-10,13-15H2,1H3. The maximum absolute atomic E-state index is 12.8. The lowest BCUT2D eigenvalue weighted by atomic mass is 9.96. The van der Waals surface area contributed by atoms with Gasteiger partial charge in [-0.1, -0.05) is 12.1 Å².